The van der Waals surface area contributed by atoms with Crippen LogP contribution in [0.1, 0.15) is 60.6 Å². The molecule has 0 bridgehead atoms. The minimum absolute atomic E-state index is 0.101. The molecule has 0 radical (unpaired) electrons. The molecule has 37 heavy (non-hydrogen) atoms. The number of ether oxygens (including phenoxy) is 2. The van der Waals surface area contributed by atoms with Gasteiger partial charge in [0.05, 0.1) is 5.92 Å². The van der Waals surface area contributed by atoms with Crippen LogP contribution in [-0.2, 0) is 14.9 Å². The normalized spacial score (nSPS) is 25.5. The fourth-order valence-corrected chi connectivity index (χ4v) is 7.21. The molecule has 3 aliphatic rings. The van der Waals surface area contributed by atoms with Crippen LogP contribution in [-0.4, -0.2) is 42.6 Å². The lowest BCUT2D eigenvalue weighted by atomic mass is 9.76. The van der Waals surface area contributed by atoms with Gasteiger partial charge in [0.2, 0.25) is 6.23 Å². The van der Waals surface area contributed by atoms with Gasteiger partial charge < -0.3 is 9.47 Å². The Morgan fingerprint density at radius 2 is 1.49 bits per heavy atom. The molecule has 0 saturated carbocycles. The Balaban J connectivity index is 1.57. The van der Waals surface area contributed by atoms with Crippen molar-refractivity contribution in [1.82, 2.24) is 0 Å². The number of rotatable bonds is 2. The largest absolute Gasteiger partial charge is 0.370 e. The van der Waals surface area contributed by atoms with Crippen molar-refractivity contribution in [2.24, 2.45) is 4.99 Å². The number of methoxy groups -OCH3 is 2. The van der Waals surface area contributed by atoms with Crippen LogP contribution in [0.15, 0.2) is 71.7 Å². The van der Waals surface area contributed by atoms with Crippen molar-refractivity contribution in [3.8, 4) is 0 Å². The molecule has 2 heterocycles. The molecule has 186 valence electrons. The molecule has 0 N–H and O–H groups in total. The van der Waals surface area contributed by atoms with E-state index in [4.69, 9.17) is 14.5 Å². The molecule has 0 aromatic heterocycles. The number of fused-ring (bicyclic) bond motifs is 8. The second kappa shape index (κ2) is 7.83. The number of aryl methyl sites for hydroxylation is 1. The van der Waals surface area contributed by atoms with Gasteiger partial charge in [0.15, 0.2) is 6.04 Å². The van der Waals surface area contributed by atoms with Gasteiger partial charge in [-0.3, -0.25) is 0 Å². The maximum absolute atomic E-state index is 6.17. The Morgan fingerprint density at radius 3 is 2.22 bits per heavy atom. The lowest BCUT2D eigenvalue weighted by Gasteiger charge is -2.38. The molecule has 0 fully saturated rings. The van der Waals surface area contributed by atoms with Crippen LogP contribution in [0, 0.1) is 6.92 Å². The van der Waals surface area contributed by atoms with E-state index in [2.05, 4.69) is 99.0 Å². The number of hydrogen-bond acceptors (Lipinski definition) is 3. The maximum atomic E-state index is 6.17. The van der Waals surface area contributed by atoms with Crippen molar-refractivity contribution in [3.63, 3.8) is 0 Å². The molecular weight excluding hydrogens is 456 g/mol. The Morgan fingerprint density at radius 1 is 0.784 bits per heavy atom. The van der Waals surface area contributed by atoms with Gasteiger partial charge >= 0.3 is 0 Å². The number of aliphatic imine (C=N–C) groups is 1. The van der Waals surface area contributed by atoms with Gasteiger partial charge in [0.25, 0.3) is 5.84 Å². The topological polar surface area (TPSA) is 33.8 Å². The van der Waals surface area contributed by atoms with Gasteiger partial charge in [-0.15, -0.1) is 0 Å². The summed E-state index contributed by atoms with van der Waals surface area (Å²) in [7, 11) is 3.56. The highest BCUT2D eigenvalue weighted by atomic mass is 16.5. The van der Waals surface area contributed by atoms with Crippen molar-refractivity contribution in [2.75, 3.05) is 14.2 Å². The van der Waals surface area contributed by atoms with Crippen molar-refractivity contribution in [1.29, 1.82) is 0 Å². The zero-order chi connectivity index (χ0) is 25.6. The van der Waals surface area contributed by atoms with Crippen molar-refractivity contribution in [3.05, 3.63) is 94.5 Å². The second-order valence-electron chi connectivity index (χ2n) is 11.4. The summed E-state index contributed by atoms with van der Waals surface area (Å²) < 4.78 is 14.6. The van der Waals surface area contributed by atoms with Crippen LogP contribution in [0.4, 0.5) is 0 Å². The second-order valence-corrected chi connectivity index (χ2v) is 11.4. The van der Waals surface area contributed by atoms with E-state index in [1.54, 1.807) is 14.2 Å². The van der Waals surface area contributed by atoms with E-state index in [-0.39, 0.29) is 29.7 Å². The first-order valence-corrected chi connectivity index (χ1v) is 13.2. The van der Waals surface area contributed by atoms with Crippen LogP contribution in [0.5, 0.6) is 0 Å². The highest BCUT2D eigenvalue weighted by Crippen LogP contribution is 2.53. The van der Waals surface area contributed by atoms with Gasteiger partial charge in [-0.05, 0) is 63.4 Å². The Kier molecular flexibility index (Phi) is 4.83. The first-order chi connectivity index (χ1) is 17.8. The highest BCUT2D eigenvalue weighted by Gasteiger charge is 2.58. The third-order valence-corrected chi connectivity index (χ3v) is 8.99. The summed E-state index contributed by atoms with van der Waals surface area (Å²) in [6.45, 7) is 9.02. The zero-order valence-corrected chi connectivity index (χ0v) is 22.4. The summed E-state index contributed by atoms with van der Waals surface area (Å²) in [5, 5.41) is 5.05. The predicted octanol–water partition coefficient (Wildman–Crippen LogP) is 6.65. The number of benzene rings is 4. The Labute approximate surface area is 218 Å². The molecule has 4 nitrogen and oxygen atoms in total. The third kappa shape index (κ3) is 3.03. The molecule has 4 aromatic carbocycles. The minimum atomic E-state index is -0.284. The smallest absolute Gasteiger partial charge is 0.292 e. The Hall–Kier alpha value is -3.34. The molecule has 4 heteroatoms. The van der Waals surface area contributed by atoms with E-state index in [9.17, 15) is 0 Å². The molecule has 0 saturated heterocycles. The molecule has 0 spiro atoms. The maximum Gasteiger partial charge on any atom is 0.292 e. The molecule has 4 atom stereocenters. The molecule has 4 aromatic rings. The van der Waals surface area contributed by atoms with E-state index in [1.807, 2.05) is 0 Å². The molecule has 0 amide bonds. The summed E-state index contributed by atoms with van der Waals surface area (Å²) in [6.07, 6.45) is -0.503. The average Bonchev–Trinajstić information content (AvgIpc) is 3.10. The highest BCUT2D eigenvalue weighted by molar-refractivity contribution is 6.11. The summed E-state index contributed by atoms with van der Waals surface area (Å²) in [5.41, 5.74) is 7.69. The van der Waals surface area contributed by atoms with Gasteiger partial charge in [-0.1, -0.05) is 72.9 Å². The first-order valence-electron chi connectivity index (χ1n) is 13.2. The van der Waals surface area contributed by atoms with Crippen LogP contribution >= 0.6 is 0 Å². The summed E-state index contributed by atoms with van der Waals surface area (Å²) in [5.74, 6) is 1.13. The fourth-order valence-electron chi connectivity index (χ4n) is 7.21. The molecule has 4 unspecified atom stereocenters. The van der Waals surface area contributed by atoms with Crippen LogP contribution in [0.25, 0.3) is 21.5 Å². The number of hydrogen-bond donors (Lipinski definition) is 0. The molecule has 1 aliphatic carbocycles. The van der Waals surface area contributed by atoms with Crippen LogP contribution < -0.4 is 0 Å². The monoisotopic (exact) mass is 489 g/mol. The van der Waals surface area contributed by atoms with Crippen molar-refractivity contribution in [2.45, 2.75) is 57.4 Å². The summed E-state index contributed by atoms with van der Waals surface area (Å²) >= 11 is 0. The van der Waals surface area contributed by atoms with Gasteiger partial charge in [-0.25, -0.2) is 4.58 Å². The van der Waals surface area contributed by atoms with E-state index in [0.29, 0.717) is 0 Å². The summed E-state index contributed by atoms with van der Waals surface area (Å²) in [4.78, 5) is 5.39. The quantitative estimate of drug-likeness (QED) is 0.295. The van der Waals surface area contributed by atoms with Gasteiger partial charge in [0.1, 0.15) is 11.8 Å². The third-order valence-electron chi connectivity index (χ3n) is 8.99. The zero-order valence-electron chi connectivity index (χ0n) is 22.4. The van der Waals surface area contributed by atoms with E-state index < -0.39 is 0 Å². The van der Waals surface area contributed by atoms with Crippen LogP contribution in [0.3, 0.4) is 0 Å². The number of nitrogens with zero attached hydrogens (tertiary/aromatic N) is 2. The van der Waals surface area contributed by atoms with E-state index in [1.165, 1.54) is 55.1 Å². The number of amidine groups is 1. The van der Waals surface area contributed by atoms with Gasteiger partial charge in [0, 0.05) is 32.1 Å². The van der Waals surface area contributed by atoms with Crippen molar-refractivity contribution >= 4 is 33.1 Å². The Bertz CT molecular complexity index is 1680. The van der Waals surface area contributed by atoms with E-state index in [0.717, 1.165) is 5.84 Å². The minimum Gasteiger partial charge on any atom is -0.370 e. The van der Waals surface area contributed by atoms with E-state index >= 15 is 0 Å². The standard InChI is InChI=1S/C33H33N2O2/c1-18-11-12-22-16-26-27(17-23(22)13-18)33(3,4)31-28(26)29-24-14-20-9-7-8-10-21(20)15-25(24)30(36-5)32(37-6)35(29)19(2)34-31/h7-17,28,30-32H,1-6H3/q+1. The lowest BCUT2D eigenvalue weighted by Crippen LogP contribution is -2.52. The van der Waals surface area contributed by atoms with Crippen LogP contribution in [0.2, 0.25) is 0 Å². The fraction of sp³-hybridized carbons (Fsp3) is 0.333. The van der Waals surface area contributed by atoms with Crippen molar-refractivity contribution < 1.29 is 14.0 Å². The SMILES string of the molecule is COC1c2cc3ccccc3cc2C2=[N+](C(C)=NC3C2c2cc4ccc(C)cc4cc2C3(C)C)C1OC. The predicted molar refractivity (Wildman–Crippen MR) is 150 cm³/mol. The lowest BCUT2D eigenvalue weighted by molar-refractivity contribution is -0.538. The molecular formula is C33H33N2O2+. The summed E-state index contributed by atoms with van der Waals surface area (Å²) in [6, 6.07) is 25.0. The van der Waals surface area contributed by atoms with Gasteiger partial charge in [-0.2, -0.15) is 0 Å². The molecule has 2 aliphatic heterocycles. The first kappa shape index (κ1) is 22.8. The average molecular weight is 490 g/mol. The molecule has 7 rings (SSSR count).